The zero-order valence-electron chi connectivity index (χ0n) is 9.73. The molecule has 0 bridgehead atoms. The molecule has 18 heavy (non-hydrogen) atoms. The van der Waals surface area contributed by atoms with E-state index in [1.54, 1.807) is 0 Å². The normalized spacial score (nSPS) is 10.2. The molecule has 0 atom stereocenters. The van der Waals surface area contributed by atoms with E-state index in [2.05, 4.69) is 60.9 Å². The molecule has 0 aliphatic carbocycles. The molecular formula is C11H11CrNO5. The van der Waals surface area contributed by atoms with Crippen LogP contribution in [-0.2, 0) is 39.1 Å². The number of hydrogen-bond acceptors (Lipinski definition) is 1. The number of rotatable bonds is 1. The SMILES string of the molecule is C[C](=[Cr])N1CCCC1.[C-]#[O+].[C-]#[O+].[C-]#[O+].[C-]#[O+].[C-]#[O+]. The van der Waals surface area contributed by atoms with Crippen LogP contribution in [0, 0.1) is 33.3 Å². The van der Waals surface area contributed by atoms with Gasteiger partial charge >= 0.3 is 115 Å². The average Bonchev–Trinajstić information content (AvgIpc) is 3.04. The van der Waals surface area contributed by atoms with Gasteiger partial charge in [0.1, 0.15) is 0 Å². The van der Waals surface area contributed by atoms with Gasteiger partial charge in [0.2, 0.25) is 0 Å². The summed E-state index contributed by atoms with van der Waals surface area (Å²) in [6.45, 7) is 27.2. The van der Waals surface area contributed by atoms with E-state index in [1.165, 1.54) is 30.4 Å². The van der Waals surface area contributed by atoms with E-state index in [9.17, 15) is 0 Å². The first-order valence-electron chi connectivity index (χ1n) is 4.08. The second-order valence-electron chi connectivity index (χ2n) is 2.21. The van der Waals surface area contributed by atoms with Crippen LogP contribution in [0.1, 0.15) is 19.8 Å². The van der Waals surface area contributed by atoms with Crippen LogP contribution >= 0.6 is 0 Å². The summed E-state index contributed by atoms with van der Waals surface area (Å²) in [7, 11) is 0. The Morgan fingerprint density at radius 2 is 1.00 bits per heavy atom. The fraction of sp³-hybridized carbons (Fsp3) is 0.455. The molecular weight excluding hydrogens is 278 g/mol. The molecule has 1 fully saturated rings. The van der Waals surface area contributed by atoms with Crippen molar-refractivity contribution >= 4 is 4.50 Å². The topological polar surface area (TPSA) is 103 Å². The Hall–Kier alpha value is -0.938. The molecule has 1 aliphatic rings. The van der Waals surface area contributed by atoms with Gasteiger partial charge in [-0.05, 0) is 0 Å². The summed E-state index contributed by atoms with van der Waals surface area (Å²) in [5, 5.41) is 0. The Labute approximate surface area is 115 Å². The van der Waals surface area contributed by atoms with Crippen LogP contribution in [0.4, 0.5) is 0 Å². The minimum atomic E-state index is 1.26. The summed E-state index contributed by atoms with van der Waals surface area (Å²) in [4.78, 5) is 2.39. The predicted octanol–water partition coefficient (Wildman–Crippen LogP) is 0.591. The van der Waals surface area contributed by atoms with Crippen molar-refractivity contribution in [1.29, 1.82) is 0 Å². The van der Waals surface area contributed by atoms with Gasteiger partial charge in [0.05, 0.1) is 0 Å². The molecule has 1 rings (SSSR count). The second-order valence-corrected chi connectivity index (χ2v) is 3.14. The molecule has 6 nitrogen and oxygen atoms in total. The van der Waals surface area contributed by atoms with Crippen molar-refractivity contribution < 1.29 is 39.1 Å². The Bertz CT molecular complexity index is 226. The predicted molar refractivity (Wildman–Crippen MR) is 51.1 cm³/mol. The van der Waals surface area contributed by atoms with Gasteiger partial charge in [0.15, 0.2) is 0 Å². The summed E-state index contributed by atoms with van der Waals surface area (Å²) in [6.07, 6.45) is 2.75. The third kappa shape index (κ3) is 29.4. The number of nitrogens with zero attached hydrogens (tertiary/aromatic N) is 1. The summed E-state index contributed by atoms with van der Waals surface area (Å²) in [6, 6.07) is 0. The van der Waals surface area contributed by atoms with Crippen molar-refractivity contribution in [2.45, 2.75) is 19.8 Å². The summed E-state index contributed by atoms with van der Waals surface area (Å²) in [5.41, 5.74) is 0. The van der Waals surface area contributed by atoms with E-state index >= 15 is 0 Å². The van der Waals surface area contributed by atoms with Crippen LogP contribution in [0.25, 0.3) is 0 Å². The van der Waals surface area contributed by atoms with Crippen molar-refractivity contribution in [3.63, 3.8) is 0 Å². The third-order valence-corrected chi connectivity index (χ3v) is 1.95. The van der Waals surface area contributed by atoms with Gasteiger partial charge in [-0.1, -0.05) is 0 Å². The Balaban J connectivity index is -0.0000000482. The van der Waals surface area contributed by atoms with Gasteiger partial charge in [-0.25, -0.2) is 0 Å². The molecule has 0 radical (unpaired) electrons. The molecule has 0 saturated carbocycles. The van der Waals surface area contributed by atoms with Gasteiger partial charge < -0.3 is 0 Å². The van der Waals surface area contributed by atoms with Gasteiger partial charge in [-0.2, -0.15) is 0 Å². The first-order valence-corrected chi connectivity index (χ1v) is 4.72. The van der Waals surface area contributed by atoms with E-state index < -0.39 is 0 Å². The zero-order valence-corrected chi connectivity index (χ0v) is 11.0. The average molecular weight is 289 g/mol. The van der Waals surface area contributed by atoms with Gasteiger partial charge in [-0.15, -0.1) is 0 Å². The first kappa shape index (κ1) is 30.3. The maximum absolute atomic E-state index is 7.50. The molecule has 0 unspecified atom stereocenters. The van der Waals surface area contributed by atoms with E-state index in [1.807, 2.05) is 0 Å². The number of likely N-dealkylation sites (tertiary alicyclic amines) is 1. The molecule has 0 N–H and O–H groups in total. The van der Waals surface area contributed by atoms with E-state index in [4.69, 9.17) is 23.3 Å². The van der Waals surface area contributed by atoms with Crippen molar-refractivity contribution in [2.24, 2.45) is 0 Å². The third-order valence-electron chi connectivity index (χ3n) is 1.55. The van der Waals surface area contributed by atoms with Crippen LogP contribution in [-0.4, -0.2) is 22.5 Å². The first-order chi connectivity index (χ1) is 8.80. The molecule has 7 heteroatoms. The van der Waals surface area contributed by atoms with Crippen molar-refractivity contribution in [3.8, 4) is 0 Å². The Morgan fingerprint density at radius 3 is 1.11 bits per heavy atom. The molecule has 0 aromatic rings. The van der Waals surface area contributed by atoms with Gasteiger partial charge in [-0.3, -0.25) is 0 Å². The molecule has 0 spiro atoms. The quantitative estimate of drug-likeness (QED) is 0.511. The summed E-state index contributed by atoms with van der Waals surface area (Å²) >= 11 is 3.02. The molecule has 96 valence electrons. The number of hydrogen-bond donors (Lipinski definition) is 0. The summed E-state index contributed by atoms with van der Waals surface area (Å²) in [5.74, 6) is 0. The molecule has 0 aromatic heterocycles. The fourth-order valence-corrected chi connectivity index (χ4v) is 1.32. The summed E-state index contributed by atoms with van der Waals surface area (Å²) < 4.78 is 38.8. The minimum absolute atomic E-state index is 1.26. The van der Waals surface area contributed by atoms with Crippen molar-refractivity contribution in [3.05, 3.63) is 33.3 Å². The monoisotopic (exact) mass is 289 g/mol. The van der Waals surface area contributed by atoms with Gasteiger partial charge in [0.25, 0.3) is 0 Å². The van der Waals surface area contributed by atoms with Crippen molar-refractivity contribution in [1.82, 2.24) is 4.90 Å². The maximum atomic E-state index is 7.50. The molecule has 1 aliphatic heterocycles. The van der Waals surface area contributed by atoms with Crippen molar-refractivity contribution in [2.75, 3.05) is 13.1 Å². The van der Waals surface area contributed by atoms with E-state index in [0.29, 0.717) is 0 Å². The van der Waals surface area contributed by atoms with Crippen LogP contribution in [0.2, 0.25) is 0 Å². The fourth-order valence-electron chi connectivity index (χ4n) is 1.03. The van der Waals surface area contributed by atoms with Crippen LogP contribution < -0.4 is 0 Å². The Morgan fingerprint density at radius 1 is 0.778 bits per heavy atom. The van der Waals surface area contributed by atoms with Gasteiger partial charge in [0, 0.05) is 0 Å². The zero-order chi connectivity index (χ0) is 16.0. The van der Waals surface area contributed by atoms with Crippen LogP contribution in [0.3, 0.4) is 0 Å². The van der Waals surface area contributed by atoms with Crippen LogP contribution in [0.15, 0.2) is 0 Å². The van der Waals surface area contributed by atoms with Crippen LogP contribution in [0.5, 0.6) is 0 Å². The molecule has 0 aromatic carbocycles. The molecule has 1 saturated heterocycles. The Kier molecular flexibility index (Phi) is 74.6. The molecule has 1 heterocycles. The standard InChI is InChI=1S/C6H11N.5CO.Cr/c1-2-7-5-3-4-6-7;5*1-2;/h3-6H2,1H3;;;;;;. The second kappa shape index (κ2) is 44.4. The molecule has 0 amide bonds. The van der Waals surface area contributed by atoms with E-state index in [0.717, 1.165) is 0 Å². The van der Waals surface area contributed by atoms with E-state index in [-0.39, 0.29) is 0 Å².